The van der Waals surface area contributed by atoms with E-state index in [0.29, 0.717) is 0 Å². The van der Waals surface area contributed by atoms with Crippen molar-refractivity contribution in [2.24, 2.45) is 9.98 Å². The van der Waals surface area contributed by atoms with E-state index in [4.69, 9.17) is 14.4 Å². The second kappa shape index (κ2) is 13.9. The van der Waals surface area contributed by atoms with Crippen molar-refractivity contribution in [3.8, 4) is 44.5 Å². The lowest BCUT2D eigenvalue weighted by molar-refractivity contribution is 0.667. The van der Waals surface area contributed by atoms with Gasteiger partial charge in [-0.15, -0.1) is 0 Å². The van der Waals surface area contributed by atoms with Gasteiger partial charge in [-0.25, -0.2) is 9.98 Å². The number of amidine groups is 2. The molecule has 10 rings (SSSR count). The fourth-order valence-electron chi connectivity index (χ4n) is 7.57. The van der Waals surface area contributed by atoms with Crippen LogP contribution in [0.1, 0.15) is 22.9 Å². The number of aliphatic imine (C=N–C) groups is 2. The van der Waals surface area contributed by atoms with Gasteiger partial charge in [0.05, 0.1) is 0 Å². The molecule has 8 aromatic carbocycles. The van der Waals surface area contributed by atoms with Gasteiger partial charge in [0.15, 0.2) is 6.17 Å². The van der Waals surface area contributed by atoms with Gasteiger partial charge in [-0.3, -0.25) is 0 Å². The smallest absolute Gasteiger partial charge is 0.170 e. The third-order valence-corrected chi connectivity index (χ3v) is 10.4. The average Bonchev–Trinajstić information content (AvgIpc) is 3.66. The van der Waals surface area contributed by atoms with Gasteiger partial charge in [-0.05, 0) is 74.8 Å². The Morgan fingerprint density at radius 1 is 0.345 bits per heavy atom. The van der Waals surface area contributed by atoms with Crippen molar-refractivity contribution >= 4 is 33.6 Å². The Bertz CT molecular complexity index is 2870. The normalized spacial score (nSPS) is 14.0. The zero-order chi connectivity index (χ0) is 36.6. The van der Waals surface area contributed by atoms with Gasteiger partial charge in [0, 0.05) is 27.5 Å². The third kappa shape index (κ3) is 6.30. The summed E-state index contributed by atoms with van der Waals surface area (Å²) in [5, 5.41) is 5.63. The quantitative estimate of drug-likeness (QED) is 0.179. The molecule has 0 bridgehead atoms. The monoisotopic (exact) mass is 705 g/mol. The number of hydrogen-bond acceptors (Lipinski definition) is 4. The van der Waals surface area contributed by atoms with E-state index in [9.17, 15) is 0 Å². The Balaban J connectivity index is 1.06. The summed E-state index contributed by atoms with van der Waals surface area (Å²) in [4.78, 5) is 10.5. The fraction of sp³-hybridized carbons (Fsp3) is 0.0196. The van der Waals surface area contributed by atoms with Crippen molar-refractivity contribution in [3.05, 3.63) is 217 Å². The minimum atomic E-state index is -0.492. The summed E-state index contributed by atoms with van der Waals surface area (Å²) in [6, 6.07) is 70.0. The number of benzene rings is 8. The van der Waals surface area contributed by atoms with Crippen LogP contribution in [0.25, 0.3) is 66.4 Å². The van der Waals surface area contributed by atoms with Gasteiger partial charge < -0.3 is 9.73 Å². The van der Waals surface area contributed by atoms with Crippen LogP contribution in [-0.2, 0) is 0 Å². The minimum Gasteiger partial charge on any atom is -0.456 e. The second-order valence-corrected chi connectivity index (χ2v) is 13.8. The largest absolute Gasteiger partial charge is 0.456 e. The maximum atomic E-state index is 6.49. The molecule has 0 fully saturated rings. The molecule has 4 nitrogen and oxygen atoms in total. The minimum absolute atomic E-state index is 0.492. The first kappa shape index (κ1) is 32.4. The Kier molecular flexibility index (Phi) is 8.19. The highest BCUT2D eigenvalue weighted by Gasteiger charge is 2.24. The molecule has 9 aromatic rings. The van der Waals surface area contributed by atoms with Crippen molar-refractivity contribution in [1.82, 2.24) is 5.32 Å². The molecule has 0 spiro atoms. The zero-order valence-corrected chi connectivity index (χ0v) is 29.9. The van der Waals surface area contributed by atoms with Crippen molar-refractivity contribution in [1.29, 1.82) is 0 Å². The summed E-state index contributed by atoms with van der Waals surface area (Å²) in [5.74, 6) is 1.55. The number of nitrogens with zero attached hydrogens (tertiary/aromatic N) is 2. The summed E-state index contributed by atoms with van der Waals surface area (Å²) in [6.45, 7) is 0. The maximum absolute atomic E-state index is 6.49. The van der Waals surface area contributed by atoms with Gasteiger partial charge in [0.25, 0.3) is 0 Å². The standard InChI is InChI=1S/C51H35N3O/c1-4-13-34(14-5-1)36-25-27-38(28-26-36)50-52-49(37-17-8-3-9-18-37)53-51(54-50)44-23-12-24-47-48(44)45-33-43(29-30-46(45)55-47)42-22-11-21-41(32-42)40-20-10-19-39(31-40)35-15-6-2-7-16-35/h1-33,51H,(H,52,53,54). The summed E-state index contributed by atoms with van der Waals surface area (Å²) in [6.07, 6.45) is -0.492. The summed E-state index contributed by atoms with van der Waals surface area (Å²) in [7, 11) is 0. The summed E-state index contributed by atoms with van der Waals surface area (Å²) >= 11 is 0. The summed E-state index contributed by atoms with van der Waals surface area (Å²) in [5.41, 5.74) is 14.0. The van der Waals surface area contributed by atoms with E-state index in [0.717, 1.165) is 67.0 Å². The van der Waals surface area contributed by atoms with Crippen LogP contribution in [0.2, 0.25) is 0 Å². The van der Waals surface area contributed by atoms with Crippen LogP contribution in [0.15, 0.2) is 215 Å². The molecule has 0 saturated carbocycles. The van der Waals surface area contributed by atoms with Crippen molar-refractivity contribution in [3.63, 3.8) is 0 Å². The van der Waals surface area contributed by atoms with E-state index >= 15 is 0 Å². The Morgan fingerprint density at radius 2 is 0.764 bits per heavy atom. The molecule has 55 heavy (non-hydrogen) atoms. The molecule has 1 aliphatic rings. The predicted molar refractivity (Wildman–Crippen MR) is 227 cm³/mol. The lowest BCUT2D eigenvalue weighted by atomic mass is 9.95. The van der Waals surface area contributed by atoms with Crippen LogP contribution in [0.4, 0.5) is 0 Å². The second-order valence-electron chi connectivity index (χ2n) is 13.8. The predicted octanol–water partition coefficient (Wildman–Crippen LogP) is 12.7. The molecule has 0 amide bonds. The van der Waals surface area contributed by atoms with Gasteiger partial charge in [0.1, 0.15) is 22.8 Å². The van der Waals surface area contributed by atoms with Crippen molar-refractivity contribution < 1.29 is 4.42 Å². The maximum Gasteiger partial charge on any atom is 0.170 e. The first-order chi connectivity index (χ1) is 27.2. The Hall–Kier alpha value is -7.30. The average molecular weight is 706 g/mol. The first-order valence-electron chi connectivity index (χ1n) is 18.6. The van der Waals surface area contributed by atoms with Crippen LogP contribution in [0, 0.1) is 0 Å². The molecule has 0 aliphatic carbocycles. The van der Waals surface area contributed by atoms with Gasteiger partial charge in [0.2, 0.25) is 0 Å². The van der Waals surface area contributed by atoms with E-state index in [2.05, 4.69) is 169 Å². The van der Waals surface area contributed by atoms with Crippen LogP contribution in [0.3, 0.4) is 0 Å². The molecule has 1 N–H and O–H groups in total. The Morgan fingerprint density at radius 3 is 1.36 bits per heavy atom. The molecule has 1 aliphatic heterocycles. The van der Waals surface area contributed by atoms with Crippen LogP contribution in [0.5, 0.6) is 0 Å². The number of fused-ring (bicyclic) bond motifs is 3. The van der Waals surface area contributed by atoms with E-state index in [1.165, 1.54) is 27.8 Å². The molecule has 4 heteroatoms. The highest BCUT2D eigenvalue weighted by atomic mass is 16.3. The van der Waals surface area contributed by atoms with E-state index in [-0.39, 0.29) is 0 Å². The van der Waals surface area contributed by atoms with Crippen LogP contribution in [-0.4, -0.2) is 11.7 Å². The molecule has 260 valence electrons. The molecule has 0 radical (unpaired) electrons. The van der Waals surface area contributed by atoms with E-state index in [1.807, 2.05) is 36.4 Å². The topological polar surface area (TPSA) is 49.9 Å². The molecular weight excluding hydrogens is 671 g/mol. The van der Waals surface area contributed by atoms with Crippen molar-refractivity contribution in [2.45, 2.75) is 6.17 Å². The molecule has 1 aromatic heterocycles. The molecule has 0 saturated heterocycles. The number of nitrogens with one attached hydrogen (secondary N) is 1. The van der Waals surface area contributed by atoms with Gasteiger partial charge in [-0.1, -0.05) is 170 Å². The van der Waals surface area contributed by atoms with Crippen LogP contribution < -0.4 is 5.32 Å². The molecular formula is C51H35N3O. The van der Waals surface area contributed by atoms with E-state index in [1.54, 1.807) is 0 Å². The number of furan rings is 1. The van der Waals surface area contributed by atoms with Crippen molar-refractivity contribution in [2.75, 3.05) is 0 Å². The first-order valence-corrected chi connectivity index (χ1v) is 18.6. The third-order valence-electron chi connectivity index (χ3n) is 10.4. The lowest BCUT2D eigenvalue weighted by Crippen LogP contribution is -2.36. The van der Waals surface area contributed by atoms with Gasteiger partial charge >= 0.3 is 0 Å². The molecule has 2 heterocycles. The van der Waals surface area contributed by atoms with E-state index < -0.39 is 6.17 Å². The van der Waals surface area contributed by atoms with Crippen LogP contribution >= 0.6 is 0 Å². The zero-order valence-electron chi connectivity index (χ0n) is 29.9. The highest BCUT2D eigenvalue weighted by Crippen LogP contribution is 2.39. The lowest BCUT2D eigenvalue weighted by Gasteiger charge is -2.23. The number of rotatable bonds is 7. The molecule has 1 atom stereocenters. The Labute approximate surface area is 319 Å². The summed E-state index contributed by atoms with van der Waals surface area (Å²) < 4.78 is 6.49. The van der Waals surface area contributed by atoms with Gasteiger partial charge in [-0.2, -0.15) is 0 Å². The fourth-order valence-corrected chi connectivity index (χ4v) is 7.57. The molecule has 1 unspecified atom stereocenters. The SMILES string of the molecule is c1ccc(C2=NC(c3cccc4oc5ccc(-c6cccc(-c7cccc(-c8ccccc8)c7)c6)cc5c34)N=C(c3ccc(-c4ccccc4)cc3)N2)cc1. The highest BCUT2D eigenvalue weighted by molar-refractivity contribution is 6.16. The number of hydrogen-bond donors (Lipinski definition) is 1.